The van der Waals surface area contributed by atoms with Crippen molar-refractivity contribution in [1.82, 2.24) is 15.7 Å². The molecular formula is C19H25N3O4S. The van der Waals surface area contributed by atoms with Crippen LogP contribution in [0.5, 0.6) is 0 Å². The Labute approximate surface area is 163 Å². The Morgan fingerprint density at radius 3 is 2.63 bits per heavy atom. The molecule has 0 spiro atoms. The minimum absolute atomic E-state index is 0.197. The average Bonchev–Trinajstić information content (AvgIpc) is 2.89. The average molecular weight is 391 g/mol. The molecular weight excluding hydrogens is 366 g/mol. The van der Waals surface area contributed by atoms with Crippen molar-refractivity contribution in [1.29, 1.82) is 0 Å². The van der Waals surface area contributed by atoms with E-state index in [1.807, 2.05) is 51.1 Å². The van der Waals surface area contributed by atoms with Gasteiger partial charge in [0.1, 0.15) is 17.5 Å². The normalized spacial score (nSPS) is 25.5. The highest BCUT2D eigenvalue weighted by molar-refractivity contribution is 8.01. The van der Waals surface area contributed by atoms with Crippen LogP contribution in [0, 0.1) is 0 Å². The molecule has 0 aliphatic carbocycles. The molecule has 1 aromatic rings. The molecule has 1 aromatic carbocycles. The molecule has 0 bridgehead atoms. The van der Waals surface area contributed by atoms with Crippen molar-refractivity contribution in [3.8, 4) is 0 Å². The smallest absolute Gasteiger partial charge is 0.267 e. The van der Waals surface area contributed by atoms with Crippen molar-refractivity contribution in [3.63, 3.8) is 0 Å². The maximum atomic E-state index is 12.6. The van der Waals surface area contributed by atoms with E-state index in [2.05, 4.69) is 10.8 Å². The predicted molar refractivity (Wildman–Crippen MR) is 103 cm³/mol. The highest BCUT2D eigenvalue weighted by atomic mass is 32.2. The number of fused-ring (bicyclic) bond motifs is 1. The van der Waals surface area contributed by atoms with Crippen molar-refractivity contribution in [2.24, 2.45) is 0 Å². The lowest BCUT2D eigenvalue weighted by atomic mass is 9.95. The predicted octanol–water partition coefficient (Wildman–Crippen LogP) is 1.23. The van der Waals surface area contributed by atoms with E-state index < -0.39 is 16.8 Å². The Morgan fingerprint density at radius 2 is 1.96 bits per heavy atom. The maximum absolute atomic E-state index is 12.6. The lowest BCUT2D eigenvalue weighted by molar-refractivity contribution is -0.158. The summed E-state index contributed by atoms with van der Waals surface area (Å²) in [4.78, 5) is 44.2. The number of carbonyl (C=O) groups excluding carboxylic acids is 3. The second-order valence-corrected chi connectivity index (χ2v) is 9.05. The van der Waals surface area contributed by atoms with Gasteiger partial charge >= 0.3 is 0 Å². The monoisotopic (exact) mass is 391 g/mol. The molecule has 2 heterocycles. The number of amides is 3. The minimum atomic E-state index is -0.626. The van der Waals surface area contributed by atoms with Gasteiger partial charge in [-0.1, -0.05) is 37.3 Å². The van der Waals surface area contributed by atoms with Crippen LogP contribution in [0.1, 0.15) is 32.8 Å². The van der Waals surface area contributed by atoms with Gasteiger partial charge in [-0.25, -0.2) is 5.48 Å². The van der Waals surface area contributed by atoms with Gasteiger partial charge in [0.15, 0.2) is 0 Å². The minimum Gasteiger partial charge on any atom is -0.341 e. The number of hydrogen-bond acceptors (Lipinski definition) is 5. The zero-order valence-electron chi connectivity index (χ0n) is 15.7. The van der Waals surface area contributed by atoms with Crippen molar-refractivity contribution >= 4 is 29.5 Å². The second-order valence-electron chi connectivity index (χ2n) is 7.28. The third-order valence-electron chi connectivity index (χ3n) is 4.69. The SMILES string of the molecule is CCCONC(=O)[C@@H]1N2C(=O)[C@@H](NC(=O)Cc3ccccc3)[C@H]2SC1(C)C. The number of hydroxylamine groups is 1. The molecule has 146 valence electrons. The summed E-state index contributed by atoms with van der Waals surface area (Å²) in [5.74, 6) is -0.752. The van der Waals surface area contributed by atoms with Crippen LogP contribution in [0.15, 0.2) is 30.3 Å². The number of thioether (sulfide) groups is 1. The first-order valence-electron chi connectivity index (χ1n) is 9.10. The first-order valence-corrected chi connectivity index (χ1v) is 9.98. The van der Waals surface area contributed by atoms with E-state index in [1.54, 1.807) is 4.90 Å². The van der Waals surface area contributed by atoms with Gasteiger partial charge in [0.05, 0.1) is 13.0 Å². The number of hydrogen-bond donors (Lipinski definition) is 2. The van der Waals surface area contributed by atoms with E-state index in [-0.39, 0.29) is 29.5 Å². The third kappa shape index (κ3) is 3.96. The first kappa shape index (κ1) is 19.7. The van der Waals surface area contributed by atoms with Gasteiger partial charge in [-0.3, -0.25) is 19.2 Å². The van der Waals surface area contributed by atoms with Crippen LogP contribution in [0.4, 0.5) is 0 Å². The second kappa shape index (κ2) is 7.90. The van der Waals surface area contributed by atoms with Crippen LogP contribution in [0.25, 0.3) is 0 Å². The lowest BCUT2D eigenvalue weighted by Crippen LogP contribution is -2.71. The Balaban J connectivity index is 1.62. The number of carbonyl (C=O) groups is 3. The van der Waals surface area contributed by atoms with E-state index in [1.165, 1.54) is 11.8 Å². The number of β-lactam (4-membered cyclic amide) rings is 1. The van der Waals surface area contributed by atoms with Gasteiger partial charge in [-0.05, 0) is 25.8 Å². The van der Waals surface area contributed by atoms with Crippen LogP contribution in [0.3, 0.4) is 0 Å². The van der Waals surface area contributed by atoms with Gasteiger partial charge in [0.25, 0.3) is 5.91 Å². The van der Waals surface area contributed by atoms with E-state index in [0.29, 0.717) is 6.61 Å². The molecule has 2 saturated heterocycles. The Morgan fingerprint density at radius 1 is 1.26 bits per heavy atom. The zero-order valence-corrected chi connectivity index (χ0v) is 16.5. The molecule has 2 fully saturated rings. The Kier molecular flexibility index (Phi) is 5.76. The summed E-state index contributed by atoms with van der Waals surface area (Å²) in [6, 6.07) is 8.16. The van der Waals surface area contributed by atoms with Crippen LogP contribution in [-0.2, 0) is 25.6 Å². The molecule has 2 aliphatic heterocycles. The maximum Gasteiger partial charge on any atom is 0.267 e. The van der Waals surface area contributed by atoms with E-state index in [4.69, 9.17) is 4.84 Å². The first-order chi connectivity index (χ1) is 12.8. The molecule has 3 rings (SSSR count). The highest BCUT2D eigenvalue weighted by Gasteiger charge is 2.64. The molecule has 27 heavy (non-hydrogen) atoms. The fourth-order valence-electron chi connectivity index (χ4n) is 3.46. The third-order valence-corrected chi connectivity index (χ3v) is 6.26. The van der Waals surface area contributed by atoms with Crippen LogP contribution < -0.4 is 10.8 Å². The fraction of sp³-hybridized carbons (Fsp3) is 0.526. The number of rotatable bonds is 7. The summed E-state index contributed by atoms with van der Waals surface area (Å²) in [5.41, 5.74) is 3.33. The topological polar surface area (TPSA) is 87.7 Å². The van der Waals surface area contributed by atoms with Gasteiger partial charge in [-0.2, -0.15) is 0 Å². The number of nitrogens with zero attached hydrogens (tertiary/aromatic N) is 1. The highest BCUT2D eigenvalue weighted by Crippen LogP contribution is 2.50. The van der Waals surface area contributed by atoms with Crippen molar-refractivity contribution < 1.29 is 19.2 Å². The van der Waals surface area contributed by atoms with Crippen molar-refractivity contribution in [2.45, 2.75) is 55.8 Å². The summed E-state index contributed by atoms with van der Waals surface area (Å²) in [6.45, 7) is 6.22. The van der Waals surface area contributed by atoms with Crippen molar-refractivity contribution in [3.05, 3.63) is 35.9 Å². The summed E-state index contributed by atoms with van der Waals surface area (Å²) in [6.07, 6.45) is 1.00. The van der Waals surface area contributed by atoms with E-state index in [9.17, 15) is 14.4 Å². The van der Waals surface area contributed by atoms with Gasteiger partial charge in [-0.15, -0.1) is 11.8 Å². The van der Waals surface area contributed by atoms with Gasteiger partial charge in [0.2, 0.25) is 11.8 Å². The summed E-state index contributed by atoms with van der Waals surface area (Å²) in [5, 5.41) is 2.58. The number of nitrogens with one attached hydrogen (secondary N) is 2. The fourth-order valence-corrected chi connectivity index (χ4v) is 5.09. The van der Waals surface area contributed by atoms with E-state index >= 15 is 0 Å². The lowest BCUT2D eigenvalue weighted by Gasteiger charge is -2.44. The summed E-state index contributed by atoms with van der Waals surface area (Å²) < 4.78 is -0.473. The molecule has 0 saturated carbocycles. The molecule has 7 nitrogen and oxygen atoms in total. The van der Waals surface area contributed by atoms with Gasteiger partial charge in [0, 0.05) is 4.75 Å². The summed E-state index contributed by atoms with van der Waals surface area (Å²) >= 11 is 1.53. The molecule has 8 heteroatoms. The quantitative estimate of drug-likeness (QED) is 0.415. The molecule has 0 radical (unpaired) electrons. The Bertz CT molecular complexity index is 725. The largest absolute Gasteiger partial charge is 0.341 e. The van der Waals surface area contributed by atoms with Crippen LogP contribution in [0.2, 0.25) is 0 Å². The molecule has 2 N–H and O–H groups in total. The Hall–Kier alpha value is -2.06. The summed E-state index contributed by atoms with van der Waals surface area (Å²) in [7, 11) is 0. The molecule has 0 unspecified atom stereocenters. The standard InChI is InChI=1S/C19H25N3O4S/c1-4-10-26-21-16(24)15-19(2,3)27-18-14(17(25)22(15)18)20-13(23)11-12-8-6-5-7-9-12/h5-9,14-15,18H,4,10-11H2,1-3H3,(H,20,23)(H,21,24)/t14-,15+,18-/m1/s1. The molecule has 3 amide bonds. The molecule has 3 atom stereocenters. The van der Waals surface area contributed by atoms with E-state index in [0.717, 1.165) is 12.0 Å². The van der Waals surface area contributed by atoms with Gasteiger partial charge < -0.3 is 10.2 Å². The zero-order chi connectivity index (χ0) is 19.6. The van der Waals surface area contributed by atoms with Crippen molar-refractivity contribution in [2.75, 3.05) is 6.61 Å². The van der Waals surface area contributed by atoms with Crippen LogP contribution >= 0.6 is 11.8 Å². The number of benzene rings is 1. The molecule has 0 aromatic heterocycles. The van der Waals surface area contributed by atoms with Crippen LogP contribution in [-0.4, -0.2) is 51.4 Å². The molecule has 2 aliphatic rings.